The maximum atomic E-state index is 13.7. The van der Waals surface area contributed by atoms with E-state index in [4.69, 9.17) is 9.51 Å². The second-order valence-corrected chi connectivity index (χ2v) is 7.41. The number of hydrogen-bond donors (Lipinski definition) is 0. The van der Waals surface area contributed by atoms with Gasteiger partial charge in [0, 0.05) is 37.0 Å². The molecule has 0 atom stereocenters. The van der Waals surface area contributed by atoms with Gasteiger partial charge in [0.15, 0.2) is 0 Å². The fourth-order valence-electron chi connectivity index (χ4n) is 3.80. The third kappa shape index (κ3) is 3.61. The summed E-state index contributed by atoms with van der Waals surface area (Å²) in [5.74, 6) is 2.43. The van der Waals surface area contributed by atoms with Crippen molar-refractivity contribution in [2.45, 2.75) is 33.4 Å². The highest BCUT2D eigenvalue weighted by Gasteiger charge is 2.16. The van der Waals surface area contributed by atoms with Crippen LogP contribution in [0.2, 0.25) is 0 Å². The van der Waals surface area contributed by atoms with E-state index in [1.54, 1.807) is 19.2 Å². The lowest BCUT2D eigenvalue weighted by atomic mass is 10.2. The first-order chi connectivity index (χ1) is 15.1. The maximum absolute atomic E-state index is 13.7. The minimum atomic E-state index is -0.283. The Morgan fingerprint density at radius 3 is 2.74 bits per heavy atom. The lowest BCUT2D eigenvalue weighted by Crippen LogP contribution is -2.09. The first kappa shape index (κ1) is 19.2. The monoisotopic (exact) mass is 416 g/mol. The number of fused-ring (bicyclic) bond motifs is 1. The van der Waals surface area contributed by atoms with Crippen LogP contribution in [-0.2, 0) is 13.1 Å². The Balaban J connectivity index is 1.56. The van der Waals surface area contributed by atoms with E-state index in [-0.39, 0.29) is 5.82 Å². The van der Waals surface area contributed by atoms with E-state index < -0.39 is 0 Å². The van der Waals surface area contributed by atoms with Crippen LogP contribution in [0.3, 0.4) is 0 Å². The summed E-state index contributed by atoms with van der Waals surface area (Å²) in [4.78, 5) is 13.6. The smallest absolute Gasteiger partial charge is 0.223 e. The van der Waals surface area contributed by atoms with Gasteiger partial charge in [0.2, 0.25) is 11.7 Å². The van der Waals surface area contributed by atoms with Crippen LogP contribution >= 0.6 is 0 Å². The van der Waals surface area contributed by atoms with Crippen molar-refractivity contribution in [3.63, 3.8) is 0 Å². The van der Waals surface area contributed by atoms with Crippen LogP contribution < -0.4 is 0 Å². The Morgan fingerprint density at radius 1 is 1.06 bits per heavy atom. The second kappa shape index (κ2) is 7.79. The van der Waals surface area contributed by atoms with Crippen LogP contribution in [0.5, 0.6) is 0 Å². The lowest BCUT2D eigenvalue weighted by molar-refractivity contribution is 0.394. The molecule has 5 rings (SSSR count). The number of imidazole rings is 2. The molecule has 0 fully saturated rings. The molecule has 3 heterocycles. The summed E-state index contributed by atoms with van der Waals surface area (Å²) in [6, 6.07) is 12.5. The number of aromatic nitrogens is 6. The molecule has 0 bridgehead atoms. The van der Waals surface area contributed by atoms with Crippen molar-refractivity contribution in [2.24, 2.45) is 0 Å². The molecule has 0 unspecified atom stereocenters. The fourth-order valence-corrected chi connectivity index (χ4v) is 3.80. The van der Waals surface area contributed by atoms with Gasteiger partial charge < -0.3 is 13.7 Å². The third-order valence-corrected chi connectivity index (χ3v) is 5.17. The van der Waals surface area contributed by atoms with Gasteiger partial charge in [-0.3, -0.25) is 0 Å². The maximum Gasteiger partial charge on any atom is 0.223 e. The number of benzene rings is 2. The van der Waals surface area contributed by atoms with Gasteiger partial charge in [0.05, 0.1) is 17.6 Å². The summed E-state index contributed by atoms with van der Waals surface area (Å²) >= 11 is 0. The van der Waals surface area contributed by atoms with Crippen LogP contribution in [-0.4, -0.2) is 29.2 Å². The van der Waals surface area contributed by atoms with Crippen LogP contribution in [0.25, 0.3) is 33.8 Å². The van der Waals surface area contributed by atoms with E-state index in [0.29, 0.717) is 24.1 Å². The second-order valence-electron chi connectivity index (χ2n) is 7.41. The summed E-state index contributed by atoms with van der Waals surface area (Å²) in [5, 5.41) is 4.03. The van der Waals surface area contributed by atoms with Crippen molar-refractivity contribution in [3.8, 4) is 22.8 Å². The van der Waals surface area contributed by atoms with E-state index in [0.717, 1.165) is 41.0 Å². The molecule has 8 heteroatoms. The highest BCUT2D eigenvalue weighted by atomic mass is 19.1. The molecule has 0 amide bonds. The van der Waals surface area contributed by atoms with Gasteiger partial charge in [0.1, 0.15) is 17.5 Å². The van der Waals surface area contributed by atoms with Crippen LogP contribution in [0, 0.1) is 12.7 Å². The number of halogens is 1. The number of hydrogen-bond acceptors (Lipinski definition) is 5. The molecule has 2 aromatic carbocycles. The molecule has 156 valence electrons. The summed E-state index contributed by atoms with van der Waals surface area (Å²) < 4.78 is 23.1. The summed E-state index contributed by atoms with van der Waals surface area (Å²) in [6.07, 6.45) is 4.58. The van der Waals surface area contributed by atoms with Gasteiger partial charge >= 0.3 is 0 Å². The zero-order chi connectivity index (χ0) is 21.4. The minimum absolute atomic E-state index is 0.283. The molecule has 0 saturated heterocycles. The molecular weight excluding hydrogens is 395 g/mol. The molecule has 31 heavy (non-hydrogen) atoms. The van der Waals surface area contributed by atoms with Crippen molar-refractivity contribution >= 4 is 11.0 Å². The van der Waals surface area contributed by atoms with Crippen molar-refractivity contribution < 1.29 is 8.91 Å². The van der Waals surface area contributed by atoms with Gasteiger partial charge in [-0.15, -0.1) is 0 Å². The van der Waals surface area contributed by atoms with Crippen molar-refractivity contribution in [1.29, 1.82) is 0 Å². The van der Waals surface area contributed by atoms with Crippen LogP contribution in [0.1, 0.15) is 25.1 Å². The number of nitrogens with zero attached hydrogens (tertiary/aromatic N) is 6. The summed E-state index contributed by atoms with van der Waals surface area (Å²) in [5.41, 5.74) is 3.54. The van der Waals surface area contributed by atoms with Gasteiger partial charge in [-0.25, -0.2) is 14.4 Å². The topological polar surface area (TPSA) is 74.6 Å². The van der Waals surface area contributed by atoms with Gasteiger partial charge in [-0.05, 0) is 36.8 Å². The molecule has 0 radical (unpaired) electrons. The molecule has 5 aromatic rings. The Hall–Kier alpha value is -3.81. The average molecular weight is 416 g/mol. The zero-order valence-corrected chi connectivity index (χ0v) is 17.3. The minimum Gasteiger partial charge on any atom is -0.339 e. The van der Waals surface area contributed by atoms with E-state index in [2.05, 4.69) is 26.6 Å². The fraction of sp³-hybridized carbons (Fsp3) is 0.217. The normalized spacial score (nSPS) is 11.5. The molecule has 0 aliphatic heterocycles. The molecular formula is C23H21FN6O. The van der Waals surface area contributed by atoms with Crippen molar-refractivity contribution in [2.75, 3.05) is 0 Å². The Bertz CT molecular complexity index is 1370. The Kier molecular flexibility index (Phi) is 4.82. The highest BCUT2D eigenvalue weighted by Crippen LogP contribution is 2.25. The lowest BCUT2D eigenvalue weighted by Gasteiger charge is -2.11. The van der Waals surface area contributed by atoms with Crippen molar-refractivity contribution in [1.82, 2.24) is 29.2 Å². The average Bonchev–Trinajstić information content (AvgIpc) is 3.48. The SMILES string of the molecule is CCCn1c(Cn2ccnc2-c2cccc(F)c2)nc2ccc(-c3noc(C)n3)cc21. The predicted octanol–water partition coefficient (Wildman–Crippen LogP) is 4.86. The third-order valence-electron chi connectivity index (χ3n) is 5.17. The predicted molar refractivity (Wildman–Crippen MR) is 115 cm³/mol. The van der Waals surface area contributed by atoms with E-state index in [1.807, 2.05) is 35.0 Å². The van der Waals surface area contributed by atoms with E-state index in [9.17, 15) is 4.39 Å². The van der Waals surface area contributed by atoms with Gasteiger partial charge in [-0.1, -0.05) is 24.2 Å². The standard InChI is InChI=1S/C23H21FN6O/c1-3-10-30-20-13-16(22-26-15(2)31-28-22)7-8-19(20)27-21(30)14-29-11-9-25-23(29)17-5-4-6-18(24)12-17/h4-9,11-13H,3,10,14H2,1-2H3. The van der Waals surface area contributed by atoms with Crippen LogP contribution in [0.4, 0.5) is 4.39 Å². The van der Waals surface area contributed by atoms with Crippen molar-refractivity contribution in [3.05, 3.63) is 72.4 Å². The summed E-state index contributed by atoms with van der Waals surface area (Å²) in [6.45, 7) is 5.26. The largest absolute Gasteiger partial charge is 0.339 e. The number of rotatable bonds is 6. The van der Waals surface area contributed by atoms with Gasteiger partial charge in [-0.2, -0.15) is 4.98 Å². The molecule has 7 nitrogen and oxygen atoms in total. The number of aryl methyl sites for hydroxylation is 2. The van der Waals surface area contributed by atoms with Crippen LogP contribution in [0.15, 0.2) is 59.4 Å². The van der Waals surface area contributed by atoms with Gasteiger partial charge in [0.25, 0.3) is 0 Å². The first-order valence-corrected chi connectivity index (χ1v) is 10.2. The first-order valence-electron chi connectivity index (χ1n) is 10.2. The molecule has 0 aliphatic rings. The molecule has 0 N–H and O–H groups in total. The molecule has 0 spiro atoms. The molecule has 0 aliphatic carbocycles. The quantitative estimate of drug-likeness (QED) is 0.395. The van der Waals surface area contributed by atoms with E-state index >= 15 is 0 Å². The zero-order valence-electron chi connectivity index (χ0n) is 17.3. The Labute approximate surface area is 178 Å². The molecule has 0 saturated carbocycles. The highest BCUT2D eigenvalue weighted by molar-refractivity contribution is 5.81. The van der Waals surface area contributed by atoms with E-state index in [1.165, 1.54) is 12.1 Å². The molecule has 3 aromatic heterocycles. The Morgan fingerprint density at radius 2 is 1.97 bits per heavy atom. The summed E-state index contributed by atoms with van der Waals surface area (Å²) in [7, 11) is 0.